The Morgan fingerprint density at radius 3 is 2.47 bits per heavy atom. The second-order valence-corrected chi connectivity index (χ2v) is 7.70. The number of hydrogen-bond donors (Lipinski definition) is 0. The second-order valence-electron chi connectivity index (χ2n) is 7.70. The molecule has 2 aromatic carbocycles. The lowest BCUT2D eigenvalue weighted by molar-refractivity contribution is 0.585. The van der Waals surface area contributed by atoms with Gasteiger partial charge in [0, 0.05) is 12.1 Å². The standard InChI is InChI=1S/C24H24N6/c1-3-20-24-28-26-16-29(24)21-15-25-22(14-17(2)18-10-6-4-7-11-18)27-23(21)30(20)19-12-8-5-9-13-19/h4-13,15-17,20H,3,14H2,1-2H3/t17-,20-/m1/s1. The molecule has 0 saturated heterocycles. The zero-order chi connectivity index (χ0) is 20.5. The molecule has 150 valence electrons. The number of rotatable bonds is 5. The molecule has 6 heteroatoms. The van der Waals surface area contributed by atoms with E-state index < -0.39 is 0 Å². The van der Waals surface area contributed by atoms with Crippen LogP contribution in [0.15, 0.2) is 73.2 Å². The van der Waals surface area contributed by atoms with Gasteiger partial charge in [0.1, 0.15) is 17.8 Å². The minimum absolute atomic E-state index is 0.0664. The van der Waals surface area contributed by atoms with E-state index in [1.165, 1.54) is 5.56 Å². The lowest BCUT2D eigenvalue weighted by Gasteiger charge is -2.36. The van der Waals surface area contributed by atoms with E-state index in [0.29, 0.717) is 5.92 Å². The van der Waals surface area contributed by atoms with E-state index in [-0.39, 0.29) is 6.04 Å². The molecule has 4 aromatic rings. The van der Waals surface area contributed by atoms with Crippen LogP contribution in [0.2, 0.25) is 0 Å². The predicted molar refractivity (Wildman–Crippen MR) is 117 cm³/mol. The van der Waals surface area contributed by atoms with Gasteiger partial charge in [-0.05, 0) is 30.0 Å². The third kappa shape index (κ3) is 3.14. The lowest BCUT2D eigenvalue weighted by atomic mass is 9.97. The molecule has 5 rings (SSSR count). The molecule has 0 radical (unpaired) electrons. The fourth-order valence-electron chi connectivity index (χ4n) is 4.20. The van der Waals surface area contributed by atoms with Crippen LogP contribution >= 0.6 is 0 Å². The molecule has 2 aromatic heterocycles. The fraction of sp³-hybridized carbons (Fsp3) is 0.250. The summed E-state index contributed by atoms with van der Waals surface area (Å²) in [7, 11) is 0. The molecular formula is C24H24N6. The number of fused-ring (bicyclic) bond motifs is 3. The quantitative estimate of drug-likeness (QED) is 0.475. The Hall–Kier alpha value is -3.54. The van der Waals surface area contributed by atoms with E-state index in [1.807, 2.05) is 22.9 Å². The van der Waals surface area contributed by atoms with Crippen LogP contribution in [0.25, 0.3) is 5.69 Å². The van der Waals surface area contributed by atoms with Crippen molar-refractivity contribution in [2.45, 2.75) is 38.6 Å². The smallest absolute Gasteiger partial charge is 0.161 e. The first kappa shape index (κ1) is 18.5. The van der Waals surface area contributed by atoms with Crippen molar-refractivity contribution in [3.8, 4) is 5.69 Å². The molecule has 1 aliphatic rings. The number of anilines is 2. The van der Waals surface area contributed by atoms with Crippen molar-refractivity contribution in [2.24, 2.45) is 0 Å². The first-order valence-electron chi connectivity index (χ1n) is 10.4. The van der Waals surface area contributed by atoms with Gasteiger partial charge in [-0.25, -0.2) is 9.97 Å². The van der Waals surface area contributed by atoms with Crippen molar-refractivity contribution in [3.63, 3.8) is 0 Å². The summed E-state index contributed by atoms with van der Waals surface area (Å²) in [5, 5.41) is 8.58. The summed E-state index contributed by atoms with van der Waals surface area (Å²) in [6.45, 7) is 4.39. The molecule has 0 amide bonds. The summed E-state index contributed by atoms with van der Waals surface area (Å²) < 4.78 is 2.02. The number of benzene rings is 2. The van der Waals surface area contributed by atoms with Crippen molar-refractivity contribution < 1.29 is 0 Å². The van der Waals surface area contributed by atoms with Crippen LogP contribution in [-0.2, 0) is 6.42 Å². The molecule has 1 aliphatic heterocycles. The molecule has 2 atom stereocenters. The average Bonchev–Trinajstić information content (AvgIpc) is 3.29. The highest BCUT2D eigenvalue weighted by Gasteiger charge is 2.34. The molecule has 3 heterocycles. The van der Waals surface area contributed by atoms with Gasteiger partial charge in [-0.2, -0.15) is 0 Å². The van der Waals surface area contributed by atoms with Crippen LogP contribution in [-0.4, -0.2) is 24.7 Å². The predicted octanol–water partition coefficient (Wildman–Crippen LogP) is 5.01. The summed E-state index contributed by atoms with van der Waals surface area (Å²) in [5.41, 5.74) is 3.31. The number of nitrogens with zero attached hydrogens (tertiary/aromatic N) is 6. The number of aromatic nitrogens is 5. The second kappa shape index (κ2) is 7.71. The van der Waals surface area contributed by atoms with Gasteiger partial charge in [0.15, 0.2) is 11.6 Å². The van der Waals surface area contributed by atoms with Gasteiger partial charge in [-0.15, -0.1) is 10.2 Å². The summed E-state index contributed by atoms with van der Waals surface area (Å²) in [4.78, 5) is 12.0. The maximum absolute atomic E-state index is 5.05. The van der Waals surface area contributed by atoms with Crippen molar-refractivity contribution in [1.29, 1.82) is 0 Å². The lowest BCUT2D eigenvalue weighted by Crippen LogP contribution is -2.32. The maximum Gasteiger partial charge on any atom is 0.161 e. The van der Waals surface area contributed by atoms with Crippen molar-refractivity contribution >= 4 is 11.5 Å². The summed E-state index contributed by atoms with van der Waals surface area (Å²) in [5.74, 6) is 3.01. The molecule has 0 N–H and O–H groups in total. The molecular weight excluding hydrogens is 372 g/mol. The number of hydrogen-bond acceptors (Lipinski definition) is 5. The zero-order valence-electron chi connectivity index (χ0n) is 17.2. The van der Waals surface area contributed by atoms with Gasteiger partial charge < -0.3 is 4.90 Å². The zero-order valence-corrected chi connectivity index (χ0v) is 17.2. The molecule has 0 fully saturated rings. The number of para-hydroxylation sites is 1. The molecule has 0 spiro atoms. The highest BCUT2D eigenvalue weighted by atomic mass is 15.4. The summed E-state index contributed by atoms with van der Waals surface area (Å²) in [6, 6.07) is 21.0. The Morgan fingerprint density at radius 2 is 1.73 bits per heavy atom. The van der Waals surface area contributed by atoms with Crippen LogP contribution in [0, 0.1) is 0 Å². The van der Waals surface area contributed by atoms with Crippen molar-refractivity contribution in [3.05, 3.63) is 90.4 Å². The van der Waals surface area contributed by atoms with E-state index in [1.54, 1.807) is 6.33 Å². The highest BCUT2D eigenvalue weighted by molar-refractivity contribution is 5.71. The molecule has 6 nitrogen and oxygen atoms in total. The van der Waals surface area contributed by atoms with Crippen LogP contribution in [0.5, 0.6) is 0 Å². The van der Waals surface area contributed by atoms with Crippen LogP contribution in [0.1, 0.15) is 49.4 Å². The first-order valence-corrected chi connectivity index (χ1v) is 10.4. The normalized spacial score (nSPS) is 16.1. The highest BCUT2D eigenvalue weighted by Crippen LogP contribution is 2.42. The van der Waals surface area contributed by atoms with Gasteiger partial charge in [0.05, 0.1) is 12.2 Å². The molecule has 0 saturated carbocycles. The van der Waals surface area contributed by atoms with Gasteiger partial charge in [-0.1, -0.05) is 62.4 Å². The van der Waals surface area contributed by atoms with Gasteiger partial charge in [-0.3, -0.25) is 4.57 Å². The molecule has 0 unspecified atom stereocenters. The molecule has 0 bridgehead atoms. The first-order chi connectivity index (χ1) is 14.8. The van der Waals surface area contributed by atoms with Gasteiger partial charge >= 0.3 is 0 Å². The third-order valence-electron chi connectivity index (χ3n) is 5.75. The SMILES string of the molecule is CC[C@@H]1c2nncn2-c2cnc(C[C@@H](C)c3ccccc3)nc2N1c1ccccc1. The van der Waals surface area contributed by atoms with Gasteiger partial charge in [0.25, 0.3) is 0 Å². The Kier molecular flexibility index (Phi) is 4.75. The Morgan fingerprint density at radius 1 is 1.00 bits per heavy atom. The monoisotopic (exact) mass is 396 g/mol. The maximum atomic E-state index is 5.05. The van der Waals surface area contributed by atoms with E-state index in [0.717, 1.165) is 41.7 Å². The largest absolute Gasteiger partial charge is 0.314 e. The summed E-state index contributed by atoms with van der Waals surface area (Å²) >= 11 is 0. The fourth-order valence-corrected chi connectivity index (χ4v) is 4.20. The molecule has 0 aliphatic carbocycles. The molecule has 30 heavy (non-hydrogen) atoms. The van der Waals surface area contributed by atoms with Crippen LogP contribution in [0.3, 0.4) is 0 Å². The minimum Gasteiger partial charge on any atom is -0.314 e. The van der Waals surface area contributed by atoms with Crippen LogP contribution < -0.4 is 4.90 Å². The van der Waals surface area contributed by atoms with Gasteiger partial charge in [0.2, 0.25) is 0 Å². The van der Waals surface area contributed by atoms with Crippen molar-refractivity contribution in [1.82, 2.24) is 24.7 Å². The minimum atomic E-state index is 0.0664. The Balaban J connectivity index is 1.59. The van der Waals surface area contributed by atoms with Crippen LogP contribution in [0.4, 0.5) is 11.5 Å². The third-order valence-corrected chi connectivity index (χ3v) is 5.75. The Labute approximate surface area is 176 Å². The van der Waals surface area contributed by atoms with Crippen molar-refractivity contribution in [2.75, 3.05) is 4.90 Å². The van der Waals surface area contributed by atoms with E-state index in [4.69, 9.17) is 9.97 Å². The van der Waals surface area contributed by atoms with E-state index >= 15 is 0 Å². The average molecular weight is 396 g/mol. The van der Waals surface area contributed by atoms with E-state index in [2.05, 4.69) is 77.5 Å². The Bertz CT molecular complexity index is 1140. The topological polar surface area (TPSA) is 59.7 Å². The summed E-state index contributed by atoms with van der Waals surface area (Å²) in [6.07, 6.45) is 5.34. The van der Waals surface area contributed by atoms with E-state index in [9.17, 15) is 0 Å².